The van der Waals surface area contributed by atoms with Crippen molar-refractivity contribution in [1.82, 2.24) is 0 Å². The summed E-state index contributed by atoms with van der Waals surface area (Å²) in [6.45, 7) is 11.0. The van der Waals surface area contributed by atoms with Crippen LogP contribution >= 0.6 is 0 Å². The molecule has 0 spiro atoms. The Morgan fingerprint density at radius 1 is 0.958 bits per heavy atom. The summed E-state index contributed by atoms with van der Waals surface area (Å²) < 4.78 is 9.73. The van der Waals surface area contributed by atoms with Gasteiger partial charge in [0.05, 0.1) is 19.3 Å². The number of benzene rings is 1. The zero-order valence-corrected chi connectivity index (χ0v) is 15.9. The molecule has 0 heterocycles. The van der Waals surface area contributed by atoms with E-state index in [0.717, 1.165) is 0 Å². The first-order valence-electron chi connectivity index (χ1n) is 8.36. The number of aliphatic hydroxyl groups excluding tert-OH is 3. The van der Waals surface area contributed by atoms with Gasteiger partial charge in [-0.15, -0.1) is 0 Å². The van der Waals surface area contributed by atoms with Gasteiger partial charge in [-0.2, -0.15) is 0 Å². The molecule has 0 aliphatic heterocycles. The minimum Gasteiger partial charge on any atom is -0.497 e. The van der Waals surface area contributed by atoms with Crippen molar-refractivity contribution in [2.24, 2.45) is 0 Å². The molecule has 6 heteroatoms. The molecule has 2 atom stereocenters. The van der Waals surface area contributed by atoms with Gasteiger partial charge in [0.2, 0.25) is 0 Å². The third-order valence-corrected chi connectivity index (χ3v) is 2.34. The summed E-state index contributed by atoms with van der Waals surface area (Å²) in [6.07, 6.45) is -2.63. The smallest absolute Gasteiger partial charge is 0.338 e. The summed E-state index contributed by atoms with van der Waals surface area (Å²) >= 11 is 0. The van der Waals surface area contributed by atoms with E-state index in [0.29, 0.717) is 11.3 Å². The van der Waals surface area contributed by atoms with Crippen molar-refractivity contribution in [2.75, 3.05) is 20.3 Å². The number of hydrogen-bond acceptors (Lipinski definition) is 6. The van der Waals surface area contributed by atoms with Crippen LogP contribution in [-0.2, 0) is 4.74 Å². The highest BCUT2D eigenvalue weighted by atomic mass is 16.5. The van der Waals surface area contributed by atoms with Crippen molar-refractivity contribution in [2.45, 2.75) is 53.8 Å². The molecular weight excluding hydrogens is 312 g/mol. The SMILES string of the molecule is CC.CC.CC.COc1ccc(C(=O)OC[C@@H](O)[C@@H](O)CO)cc1. The largest absolute Gasteiger partial charge is 0.497 e. The van der Waals surface area contributed by atoms with Gasteiger partial charge in [-0.1, -0.05) is 41.5 Å². The van der Waals surface area contributed by atoms with Crippen LogP contribution in [0.25, 0.3) is 0 Å². The van der Waals surface area contributed by atoms with Crippen LogP contribution in [0.5, 0.6) is 5.75 Å². The van der Waals surface area contributed by atoms with E-state index in [9.17, 15) is 9.90 Å². The van der Waals surface area contributed by atoms with Gasteiger partial charge in [0, 0.05) is 0 Å². The third-order valence-electron chi connectivity index (χ3n) is 2.34. The Kier molecular flexibility index (Phi) is 22.0. The van der Waals surface area contributed by atoms with Gasteiger partial charge in [0.15, 0.2) is 0 Å². The minimum atomic E-state index is -1.33. The molecule has 24 heavy (non-hydrogen) atoms. The molecule has 0 saturated heterocycles. The highest BCUT2D eigenvalue weighted by Crippen LogP contribution is 2.12. The van der Waals surface area contributed by atoms with Crippen LogP contribution in [0.3, 0.4) is 0 Å². The molecule has 1 aromatic carbocycles. The minimum absolute atomic E-state index is 0.307. The molecule has 3 N–H and O–H groups in total. The number of carbonyl (C=O) groups is 1. The van der Waals surface area contributed by atoms with Crippen LogP contribution in [0.4, 0.5) is 0 Å². The van der Waals surface area contributed by atoms with E-state index >= 15 is 0 Å². The zero-order chi connectivity index (χ0) is 19.5. The second-order valence-corrected chi connectivity index (χ2v) is 3.64. The first-order chi connectivity index (χ1) is 11.6. The van der Waals surface area contributed by atoms with E-state index < -0.39 is 24.8 Å². The number of carbonyl (C=O) groups excluding carboxylic acids is 1. The van der Waals surface area contributed by atoms with Crippen molar-refractivity contribution in [3.05, 3.63) is 29.8 Å². The molecule has 0 aliphatic rings. The fourth-order valence-corrected chi connectivity index (χ4v) is 1.20. The second-order valence-electron chi connectivity index (χ2n) is 3.64. The van der Waals surface area contributed by atoms with Gasteiger partial charge >= 0.3 is 5.97 Å². The molecular formula is C18H34O6. The van der Waals surface area contributed by atoms with Gasteiger partial charge in [0.25, 0.3) is 0 Å². The maximum absolute atomic E-state index is 11.5. The van der Waals surface area contributed by atoms with Crippen LogP contribution in [-0.4, -0.2) is 53.8 Å². The van der Waals surface area contributed by atoms with E-state index in [1.54, 1.807) is 12.1 Å². The molecule has 0 saturated carbocycles. The average molecular weight is 346 g/mol. The van der Waals surface area contributed by atoms with Gasteiger partial charge < -0.3 is 24.8 Å². The normalized spacial score (nSPS) is 11.1. The predicted molar refractivity (Wildman–Crippen MR) is 96.4 cm³/mol. The van der Waals surface area contributed by atoms with E-state index in [2.05, 4.69) is 0 Å². The lowest BCUT2D eigenvalue weighted by Crippen LogP contribution is -2.34. The number of aliphatic hydroxyl groups is 3. The van der Waals surface area contributed by atoms with Crippen molar-refractivity contribution in [3.8, 4) is 5.75 Å². The lowest BCUT2D eigenvalue weighted by molar-refractivity contribution is -0.0467. The Morgan fingerprint density at radius 2 is 1.42 bits per heavy atom. The van der Waals surface area contributed by atoms with Crippen LogP contribution in [0, 0.1) is 0 Å². The van der Waals surface area contributed by atoms with E-state index in [4.69, 9.17) is 19.7 Å². The lowest BCUT2D eigenvalue weighted by atomic mass is 10.2. The number of hydrogen-bond donors (Lipinski definition) is 3. The van der Waals surface area contributed by atoms with Crippen LogP contribution in [0.15, 0.2) is 24.3 Å². The summed E-state index contributed by atoms with van der Waals surface area (Å²) in [5.74, 6) is -0.0101. The quantitative estimate of drug-likeness (QED) is 0.685. The monoisotopic (exact) mass is 346 g/mol. The highest BCUT2D eigenvalue weighted by Gasteiger charge is 2.17. The average Bonchev–Trinajstić information content (AvgIpc) is 2.69. The van der Waals surface area contributed by atoms with E-state index in [1.165, 1.54) is 19.2 Å². The number of esters is 1. The maximum Gasteiger partial charge on any atom is 0.338 e. The molecule has 6 nitrogen and oxygen atoms in total. The maximum atomic E-state index is 11.5. The first-order valence-corrected chi connectivity index (χ1v) is 8.36. The summed E-state index contributed by atoms with van der Waals surface area (Å²) in [7, 11) is 1.51. The topological polar surface area (TPSA) is 96.2 Å². The molecule has 0 bridgehead atoms. The Labute approximate surface area is 146 Å². The third kappa shape index (κ3) is 11.9. The van der Waals surface area contributed by atoms with Crippen molar-refractivity contribution in [1.29, 1.82) is 0 Å². The Morgan fingerprint density at radius 3 is 1.79 bits per heavy atom. The highest BCUT2D eigenvalue weighted by molar-refractivity contribution is 5.89. The summed E-state index contributed by atoms with van der Waals surface area (Å²) in [5.41, 5.74) is 0.307. The predicted octanol–water partition coefficient (Wildman–Crippen LogP) is 2.64. The van der Waals surface area contributed by atoms with Gasteiger partial charge in [0.1, 0.15) is 24.6 Å². The van der Waals surface area contributed by atoms with Crippen molar-refractivity contribution < 1.29 is 29.6 Å². The second kappa shape index (κ2) is 19.4. The Hall–Kier alpha value is -1.63. The lowest BCUT2D eigenvalue weighted by Gasteiger charge is -2.15. The number of rotatable bonds is 6. The van der Waals surface area contributed by atoms with Gasteiger partial charge in [-0.05, 0) is 24.3 Å². The van der Waals surface area contributed by atoms with E-state index in [-0.39, 0.29) is 6.61 Å². The molecule has 0 aromatic heterocycles. The van der Waals surface area contributed by atoms with Crippen LogP contribution < -0.4 is 4.74 Å². The Balaban J connectivity index is -0.000000659. The molecule has 0 aliphatic carbocycles. The molecule has 0 amide bonds. The molecule has 1 aromatic rings. The van der Waals surface area contributed by atoms with Crippen molar-refractivity contribution >= 4 is 5.97 Å². The molecule has 142 valence electrons. The fraction of sp³-hybridized carbons (Fsp3) is 0.611. The molecule has 0 unspecified atom stereocenters. The van der Waals surface area contributed by atoms with Crippen LogP contribution in [0.2, 0.25) is 0 Å². The number of methoxy groups -OCH3 is 1. The van der Waals surface area contributed by atoms with E-state index in [1.807, 2.05) is 41.5 Å². The van der Waals surface area contributed by atoms with Crippen molar-refractivity contribution in [3.63, 3.8) is 0 Å². The van der Waals surface area contributed by atoms with Crippen LogP contribution in [0.1, 0.15) is 51.9 Å². The van der Waals surface area contributed by atoms with Gasteiger partial charge in [-0.25, -0.2) is 4.79 Å². The zero-order valence-electron chi connectivity index (χ0n) is 15.9. The fourth-order valence-electron chi connectivity index (χ4n) is 1.20. The number of ether oxygens (including phenoxy) is 2. The standard InChI is InChI=1S/C12H16O6.3C2H6/c1-17-9-4-2-8(3-5-9)12(16)18-7-11(15)10(14)6-13;3*1-2/h2-5,10-11,13-15H,6-7H2,1H3;3*1-2H3/t10-,11+;;;/m0.../s1. The first kappa shape index (κ1) is 27.2. The molecule has 0 radical (unpaired) electrons. The molecule has 0 fully saturated rings. The molecule has 1 rings (SSSR count). The summed E-state index contributed by atoms with van der Waals surface area (Å²) in [4.78, 5) is 11.5. The van der Waals surface area contributed by atoms with Gasteiger partial charge in [-0.3, -0.25) is 0 Å². The Bertz CT molecular complexity index is 378. The summed E-state index contributed by atoms with van der Waals surface area (Å²) in [6, 6.07) is 6.26. The summed E-state index contributed by atoms with van der Waals surface area (Å²) in [5, 5.41) is 26.9.